The summed E-state index contributed by atoms with van der Waals surface area (Å²) < 4.78 is 5.79. The highest BCUT2D eigenvalue weighted by atomic mass is 16.6. The van der Waals surface area contributed by atoms with E-state index in [1.54, 1.807) is 12.1 Å². The number of hydrogen-bond donors (Lipinski definition) is 1. The van der Waals surface area contributed by atoms with Gasteiger partial charge in [-0.1, -0.05) is 42.5 Å². The van der Waals surface area contributed by atoms with Crippen LogP contribution in [0.1, 0.15) is 37.5 Å². The lowest BCUT2D eigenvalue weighted by molar-refractivity contribution is -0.385. The van der Waals surface area contributed by atoms with Crippen LogP contribution in [0, 0.1) is 10.1 Å². The van der Waals surface area contributed by atoms with Crippen LogP contribution in [0.4, 0.5) is 5.69 Å². The van der Waals surface area contributed by atoms with Gasteiger partial charge in [-0.25, -0.2) is 0 Å². The molecule has 0 bridgehead atoms. The standard InChI is InChI=1S/C19H24N2O3/c1-19(2,3)24-14-16-8-6-7-15(11-16)12-20-13-17-9-4-5-10-18(17)21(22)23/h4-11,20H,12-14H2,1-3H3. The monoisotopic (exact) mass is 328 g/mol. The first-order valence-electron chi connectivity index (χ1n) is 8.00. The van der Waals surface area contributed by atoms with Crippen molar-refractivity contribution in [1.29, 1.82) is 0 Å². The first kappa shape index (κ1) is 18.1. The second-order valence-electron chi connectivity index (χ2n) is 6.71. The van der Waals surface area contributed by atoms with Crippen molar-refractivity contribution in [1.82, 2.24) is 5.32 Å². The molecule has 0 radical (unpaired) electrons. The predicted octanol–water partition coefficient (Wildman–Crippen LogP) is 4.20. The van der Waals surface area contributed by atoms with E-state index < -0.39 is 0 Å². The Hall–Kier alpha value is -2.24. The van der Waals surface area contributed by atoms with Gasteiger partial charge in [-0.15, -0.1) is 0 Å². The van der Waals surface area contributed by atoms with Crippen molar-refractivity contribution < 1.29 is 9.66 Å². The minimum atomic E-state index is -0.346. The van der Waals surface area contributed by atoms with E-state index in [1.165, 1.54) is 6.07 Å². The molecule has 0 aliphatic heterocycles. The molecule has 0 saturated heterocycles. The average molecular weight is 328 g/mol. The second-order valence-corrected chi connectivity index (χ2v) is 6.71. The Kier molecular flexibility index (Phi) is 6.06. The summed E-state index contributed by atoms with van der Waals surface area (Å²) in [7, 11) is 0. The number of ether oxygens (including phenoxy) is 1. The molecule has 5 heteroatoms. The van der Waals surface area contributed by atoms with Crippen molar-refractivity contribution >= 4 is 5.69 Å². The number of nitro groups is 1. The molecule has 0 spiro atoms. The second kappa shape index (κ2) is 8.04. The van der Waals surface area contributed by atoms with Crippen LogP contribution in [0.25, 0.3) is 0 Å². The minimum Gasteiger partial charge on any atom is -0.371 e. The van der Waals surface area contributed by atoms with E-state index in [4.69, 9.17) is 4.74 Å². The molecule has 1 N–H and O–H groups in total. The van der Waals surface area contributed by atoms with Gasteiger partial charge in [0, 0.05) is 24.7 Å². The summed E-state index contributed by atoms with van der Waals surface area (Å²) in [6.07, 6.45) is 0. The molecule has 0 saturated carbocycles. The van der Waals surface area contributed by atoms with E-state index in [9.17, 15) is 10.1 Å². The van der Waals surface area contributed by atoms with E-state index in [0.717, 1.165) is 11.1 Å². The van der Waals surface area contributed by atoms with Crippen LogP contribution in [-0.2, 0) is 24.4 Å². The van der Waals surface area contributed by atoms with Crippen molar-refractivity contribution in [3.63, 3.8) is 0 Å². The summed E-state index contributed by atoms with van der Waals surface area (Å²) in [6.45, 7) is 7.78. The highest BCUT2D eigenvalue weighted by Gasteiger charge is 2.12. The van der Waals surface area contributed by atoms with Gasteiger partial charge in [0.25, 0.3) is 5.69 Å². The molecule has 2 rings (SSSR count). The third-order valence-corrected chi connectivity index (χ3v) is 3.50. The Morgan fingerprint density at radius 1 is 1.04 bits per heavy atom. The lowest BCUT2D eigenvalue weighted by atomic mass is 10.1. The molecule has 0 unspecified atom stereocenters. The van der Waals surface area contributed by atoms with Gasteiger partial charge in [-0.05, 0) is 31.9 Å². The molecule has 0 heterocycles. The van der Waals surface area contributed by atoms with E-state index in [2.05, 4.69) is 11.4 Å². The molecule has 24 heavy (non-hydrogen) atoms. The fourth-order valence-electron chi connectivity index (χ4n) is 2.31. The largest absolute Gasteiger partial charge is 0.371 e. The van der Waals surface area contributed by atoms with Crippen LogP contribution in [0.5, 0.6) is 0 Å². The Morgan fingerprint density at radius 2 is 1.75 bits per heavy atom. The molecule has 0 aromatic heterocycles. The number of nitrogens with zero attached hydrogens (tertiary/aromatic N) is 1. The zero-order valence-corrected chi connectivity index (χ0v) is 14.4. The zero-order valence-electron chi connectivity index (χ0n) is 14.4. The van der Waals surface area contributed by atoms with Gasteiger partial charge < -0.3 is 10.1 Å². The van der Waals surface area contributed by atoms with E-state index >= 15 is 0 Å². The number of hydrogen-bond acceptors (Lipinski definition) is 4. The molecule has 5 nitrogen and oxygen atoms in total. The van der Waals surface area contributed by atoms with Crippen LogP contribution in [0.15, 0.2) is 48.5 Å². The van der Waals surface area contributed by atoms with Gasteiger partial charge >= 0.3 is 0 Å². The fourth-order valence-corrected chi connectivity index (χ4v) is 2.31. The lowest BCUT2D eigenvalue weighted by Crippen LogP contribution is -2.19. The number of nitrogens with one attached hydrogen (secondary N) is 1. The highest BCUT2D eigenvalue weighted by molar-refractivity contribution is 5.39. The number of nitro benzene ring substituents is 1. The topological polar surface area (TPSA) is 64.4 Å². The molecule has 0 fully saturated rings. The molecular formula is C19H24N2O3. The Morgan fingerprint density at radius 3 is 2.46 bits per heavy atom. The SMILES string of the molecule is CC(C)(C)OCc1cccc(CNCc2ccccc2[N+](=O)[O-])c1. The van der Waals surface area contributed by atoms with Crippen LogP contribution in [0.3, 0.4) is 0 Å². The van der Waals surface area contributed by atoms with Crippen LogP contribution >= 0.6 is 0 Å². The number of benzene rings is 2. The molecular weight excluding hydrogens is 304 g/mol. The lowest BCUT2D eigenvalue weighted by Gasteiger charge is -2.19. The fraction of sp³-hybridized carbons (Fsp3) is 0.368. The first-order chi connectivity index (χ1) is 11.3. The van der Waals surface area contributed by atoms with Gasteiger partial charge in [0.05, 0.1) is 17.1 Å². The highest BCUT2D eigenvalue weighted by Crippen LogP contribution is 2.17. The molecule has 0 aliphatic carbocycles. The molecule has 0 atom stereocenters. The normalized spacial score (nSPS) is 11.5. The van der Waals surface area contributed by atoms with Crippen molar-refractivity contribution in [2.45, 2.75) is 46.1 Å². The van der Waals surface area contributed by atoms with E-state index in [0.29, 0.717) is 25.3 Å². The number of rotatable bonds is 7. The Balaban J connectivity index is 1.92. The number of para-hydroxylation sites is 1. The minimum absolute atomic E-state index is 0.150. The molecule has 2 aromatic carbocycles. The maximum atomic E-state index is 11.0. The van der Waals surface area contributed by atoms with Gasteiger partial charge in [0.1, 0.15) is 0 Å². The summed E-state index contributed by atoms with van der Waals surface area (Å²) in [4.78, 5) is 10.7. The summed E-state index contributed by atoms with van der Waals surface area (Å²) in [5, 5.41) is 14.3. The van der Waals surface area contributed by atoms with Gasteiger partial charge in [-0.3, -0.25) is 10.1 Å². The molecule has 2 aromatic rings. The van der Waals surface area contributed by atoms with Gasteiger partial charge in [0.2, 0.25) is 0 Å². The third-order valence-electron chi connectivity index (χ3n) is 3.50. The van der Waals surface area contributed by atoms with Crippen LogP contribution < -0.4 is 5.32 Å². The Labute approximate surface area is 142 Å². The maximum Gasteiger partial charge on any atom is 0.273 e. The van der Waals surface area contributed by atoms with E-state index in [1.807, 2.05) is 45.0 Å². The van der Waals surface area contributed by atoms with Gasteiger partial charge in [-0.2, -0.15) is 0 Å². The maximum absolute atomic E-state index is 11.0. The summed E-state index contributed by atoms with van der Waals surface area (Å²) in [5.41, 5.74) is 2.92. The van der Waals surface area contributed by atoms with Crippen molar-refractivity contribution in [2.75, 3.05) is 0 Å². The smallest absolute Gasteiger partial charge is 0.273 e. The summed E-state index contributed by atoms with van der Waals surface area (Å²) in [6, 6.07) is 15.0. The zero-order chi connectivity index (χ0) is 17.6. The molecule has 0 aliphatic rings. The van der Waals surface area contributed by atoms with Crippen LogP contribution in [-0.4, -0.2) is 10.5 Å². The average Bonchev–Trinajstić information content (AvgIpc) is 2.53. The van der Waals surface area contributed by atoms with Crippen molar-refractivity contribution in [2.24, 2.45) is 0 Å². The summed E-state index contributed by atoms with van der Waals surface area (Å²) in [5.74, 6) is 0. The Bertz CT molecular complexity index is 693. The molecule has 128 valence electrons. The van der Waals surface area contributed by atoms with Gasteiger partial charge in [0.15, 0.2) is 0 Å². The quantitative estimate of drug-likeness (QED) is 0.611. The first-order valence-corrected chi connectivity index (χ1v) is 8.00. The summed E-state index contributed by atoms with van der Waals surface area (Å²) >= 11 is 0. The van der Waals surface area contributed by atoms with Crippen molar-refractivity contribution in [3.8, 4) is 0 Å². The predicted molar refractivity (Wildman–Crippen MR) is 94.6 cm³/mol. The third kappa shape index (κ3) is 5.76. The van der Waals surface area contributed by atoms with E-state index in [-0.39, 0.29) is 16.2 Å². The van der Waals surface area contributed by atoms with Crippen LogP contribution in [0.2, 0.25) is 0 Å². The van der Waals surface area contributed by atoms with Crippen molar-refractivity contribution in [3.05, 3.63) is 75.3 Å². The molecule has 0 amide bonds.